The second kappa shape index (κ2) is 6.02. The largest absolute Gasteiger partial charge is 0.323 e. The number of para-hydroxylation sites is 1. The maximum absolute atomic E-state index is 12.1. The molecule has 0 bridgehead atoms. The van der Waals surface area contributed by atoms with Gasteiger partial charge in [0.25, 0.3) is 5.91 Å². The molecule has 98 valence electrons. The molecular formula is C15H17N3O. The number of anilines is 2. The lowest BCUT2D eigenvalue weighted by atomic mass is 10.1. The fourth-order valence-electron chi connectivity index (χ4n) is 1.83. The van der Waals surface area contributed by atoms with Crippen LogP contribution in [0.5, 0.6) is 0 Å². The van der Waals surface area contributed by atoms with Gasteiger partial charge in [0.2, 0.25) is 0 Å². The molecule has 0 spiro atoms. The summed E-state index contributed by atoms with van der Waals surface area (Å²) in [5.74, 6) is 5.21. The Morgan fingerprint density at radius 3 is 2.42 bits per heavy atom. The van der Waals surface area contributed by atoms with Gasteiger partial charge >= 0.3 is 0 Å². The smallest absolute Gasteiger partial charge is 0.257 e. The first kappa shape index (κ1) is 13.1. The van der Waals surface area contributed by atoms with Crippen LogP contribution in [0, 0.1) is 0 Å². The third kappa shape index (κ3) is 3.11. The molecular weight excluding hydrogens is 238 g/mol. The van der Waals surface area contributed by atoms with Crippen LogP contribution in [0.15, 0.2) is 48.5 Å². The van der Waals surface area contributed by atoms with E-state index in [1.807, 2.05) is 30.3 Å². The molecule has 0 saturated carbocycles. The average molecular weight is 255 g/mol. The van der Waals surface area contributed by atoms with Crippen LogP contribution in [0.1, 0.15) is 22.8 Å². The van der Waals surface area contributed by atoms with E-state index in [9.17, 15) is 4.79 Å². The summed E-state index contributed by atoms with van der Waals surface area (Å²) in [7, 11) is 0. The SMILES string of the molecule is CCc1ccc(NC(=O)c2ccccc2NN)cc1. The average Bonchev–Trinajstić information content (AvgIpc) is 2.48. The molecule has 0 heterocycles. The number of rotatable bonds is 4. The summed E-state index contributed by atoms with van der Waals surface area (Å²) >= 11 is 0. The molecule has 0 aromatic heterocycles. The van der Waals surface area contributed by atoms with Crippen molar-refractivity contribution in [1.29, 1.82) is 0 Å². The van der Waals surface area contributed by atoms with Gasteiger partial charge in [0.1, 0.15) is 0 Å². The molecule has 0 saturated heterocycles. The molecule has 2 aromatic rings. The van der Waals surface area contributed by atoms with Gasteiger partial charge in [0.05, 0.1) is 11.3 Å². The van der Waals surface area contributed by atoms with Gasteiger partial charge in [-0.25, -0.2) is 0 Å². The highest BCUT2D eigenvalue weighted by molar-refractivity contribution is 6.07. The Hall–Kier alpha value is -2.33. The fraction of sp³-hybridized carbons (Fsp3) is 0.133. The number of aryl methyl sites for hydroxylation is 1. The standard InChI is InChI=1S/C15H17N3O/c1-2-11-7-9-12(10-8-11)17-15(19)13-5-3-4-6-14(13)18-16/h3-10,18H,2,16H2,1H3,(H,17,19). The first-order valence-corrected chi connectivity index (χ1v) is 6.20. The van der Waals surface area contributed by atoms with Crippen LogP contribution in [0.3, 0.4) is 0 Å². The van der Waals surface area contributed by atoms with E-state index in [0.29, 0.717) is 11.3 Å². The molecule has 0 radical (unpaired) electrons. The van der Waals surface area contributed by atoms with Crippen LogP contribution >= 0.6 is 0 Å². The number of hydrogen-bond donors (Lipinski definition) is 3. The van der Waals surface area contributed by atoms with E-state index in [1.54, 1.807) is 18.2 Å². The van der Waals surface area contributed by atoms with Crippen molar-refractivity contribution in [3.63, 3.8) is 0 Å². The van der Waals surface area contributed by atoms with Crippen molar-refractivity contribution in [3.8, 4) is 0 Å². The third-order valence-corrected chi connectivity index (χ3v) is 2.95. The summed E-state index contributed by atoms with van der Waals surface area (Å²) < 4.78 is 0. The van der Waals surface area contributed by atoms with E-state index in [2.05, 4.69) is 17.7 Å². The van der Waals surface area contributed by atoms with Gasteiger partial charge in [-0.05, 0) is 36.2 Å². The lowest BCUT2D eigenvalue weighted by Crippen LogP contribution is -2.17. The fourth-order valence-corrected chi connectivity index (χ4v) is 1.83. The molecule has 4 N–H and O–H groups in total. The van der Waals surface area contributed by atoms with E-state index < -0.39 is 0 Å². The van der Waals surface area contributed by atoms with Gasteiger partial charge in [0.15, 0.2) is 0 Å². The number of benzene rings is 2. The lowest BCUT2D eigenvalue weighted by molar-refractivity contribution is 0.102. The summed E-state index contributed by atoms with van der Waals surface area (Å²) in [6.45, 7) is 2.09. The lowest BCUT2D eigenvalue weighted by Gasteiger charge is -2.09. The molecule has 0 atom stereocenters. The Bertz CT molecular complexity index is 564. The van der Waals surface area contributed by atoms with Gasteiger partial charge in [-0.15, -0.1) is 0 Å². The van der Waals surface area contributed by atoms with Crippen LogP contribution in [0.4, 0.5) is 11.4 Å². The molecule has 0 aliphatic heterocycles. The van der Waals surface area contributed by atoms with Crippen molar-refractivity contribution < 1.29 is 4.79 Å². The molecule has 0 aliphatic carbocycles. The molecule has 1 amide bonds. The van der Waals surface area contributed by atoms with Crippen LogP contribution < -0.4 is 16.6 Å². The highest BCUT2D eigenvalue weighted by Crippen LogP contribution is 2.16. The van der Waals surface area contributed by atoms with E-state index >= 15 is 0 Å². The Morgan fingerprint density at radius 2 is 1.79 bits per heavy atom. The molecule has 0 aliphatic rings. The summed E-state index contributed by atoms with van der Waals surface area (Å²) in [6, 6.07) is 14.9. The predicted molar refractivity (Wildman–Crippen MR) is 78.0 cm³/mol. The van der Waals surface area contributed by atoms with Gasteiger partial charge in [-0.1, -0.05) is 31.2 Å². The maximum atomic E-state index is 12.1. The van der Waals surface area contributed by atoms with Crippen molar-refractivity contribution in [2.45, 2.75) is 13.3 Å². The van der Waals surface area contributed by atoms with Crippen molar-refractivity contribution in [2.24, 2.45) is 5.84 Å². The molecule has 2 rings (SSSR count). The van der Waals surface area contributed by atoms with Crippen molar-refractivity contribution in [2.75, 3.05) is 10.7 Å². The molecule has 0 unspecified atom stereocenters. The molecule has 19 heavy (non-hydrogen) atoms. The highest BCUT2D eigenvalue weighted by Gasteiger charge is 2.10. The Balaban J connectivity index is 2.16. The zero-order valence-corrected chi connectivity index (χ0v) is 10.8. The van der Waals surface area contributed by atoms with E-state index in [1.165, 1.54) is 5.56 Å². The first-order chi connectivity index (χ1) is 9.24. The number of carbonyl (C=O) groups excluding carboxylic acids is 1. The van der Waals surface area contributed by atoms with Crippen molar-refractivity contribution in [1.82, 2.24) is 0 Å². The minimum atomic E-state index is -0.183. The number of hydrogen-bond acceptors (Lipinski definition) is 3. The number of nitrogen functional groups attached to an aromatic ring is 1. The minimum absolute atomic E-state index is 0.183. The molecule has 4 nitrogen and oxygen atoms in total. The summed E-state index contributed by atoms with van der Waals surface area (Å²) in [4.78, 5) is 12.1. The van der Waals surface area contributed by atoms with Crippen LogP contribution in [-0.4, -0.2) is 5.91 Å². The van der Waals surface area contributed by atoms with Crippen molar-refractivity contribution >= 4 is 17.3 Å². The van der Waals surface area contributed by atoms with E-state index in [-0.39, 0.29) is 5.91 Å². The summed E-state index contributed by atoms with van der Waals surface area (Å²) in [6.07, 6.45) is 0.980. The number of carbonyl (C=O) groups is 1. The Morgan fingerprint density at radius 1 is 1.11 bits per heavy atom. The number of amides is 1. The number of hydrazine groups is 1. The maximum Gasteiger partial charge on any atom is 0.257 e. The molecule has 2 aromatic carbocycles. The first-order valence-electron chi connectivity index (χ1n) is 6.20. The number of nitrogens with one attached hydrogen (secondary N) is 2. The summed E-state index contributed by atoms with van der Waals surface area (Å²) in [5, 5.41) is 2.85. The van der Waals surface area contributed by atoms with E-state index in [4.69, 9.17) is 5.84 Å². The van der Waals surface area contributed by atoms with Crippen LogP contribution in [0.2, 0.25) is 0 Å². The van der Waals surface area contributed by atoms with Gasteiger partial charge < -0.3 is 10.7 Å². The van der Waals surface area contributed by atoms with Gasteiger partial charge in [-0.3, -0.25) is 10.6 Å². The topological polar surface area (TPSA) is 67.2 Å². The monoisotopic (exact) mass is 255 g/mol. The van der Waals surface area contributed by atoms with Gasteiger partial charge in [0, 0.05) is 5.69 Å². The van der Waals surface area contributed by atoms with Gasteiger partial charge in [-0.2, -0.15) is 0 Å². The Kier molecular flexibility index (Phi) is 4.15. The van der Waals surface area contributed by atoms with Crippen LogP contribution in [0.25, 0.3) is 0 Å². The Labute approximate surface area is 112 Å². The quantitative estimate of drug-likeness (QED) is 0.581. The summed E-state index contributed by atoms with van der Waals surface area (Å²) in [5.41, 5.74) is 5.65. The van der Waals surface area contributed by atoms with E-state index in [0.717, 1.165) is 12.1 Å². The zero-order chi connectivity index (χ0) is 13.7. The predicted octanol–water partition coefficient (Wildman–Crippen LogP) is 2.79. The zero-order valence-electron chi connectivity index (χ0n) is 10.8. The molecule has 4 heteroatoms. The minimum Gasteiger partial charge on any atom is -0.323 e. The van der Waals surface area contributed by atoms with Crippen LogP contribution in [-0.2, 0) is 6.42 Å². The molecule has 0 fully saturated rings. The third-order valence-electron chi connectivity index (χ3n) is 2.95. The second-order valence-corrected chi connectivity index (χ2v) is 4.19. The number of nitrogens with two attached hydrogens (primary N) is 1. The van der Waals surface area contributed by atoms with Crippen molar-refractivity contribution in [3.05, 3.63) is 59.7 Å². The second-order valence-electron chi connectivity index (χ2n) is 4.19. The normalized spacial score (nSPS) is 10.0. The highest BCUT2D eigenvalue weighted by atomic mass is 16.1.